The van der Waals surface area contributed by atoms with E-state index in [0.29, 0.717) is 47.3 Å². The van der Waals surface area contributed by atoms with E-state index in [2.05, 4.69) is 34.6 Å². The molecule has 2 N–H and O–H groups in total. The molecule has 0 bridgehead atoms. The molecule has 226 valence electrons. The van der Waals surface area contributed by atoms with Crippen LogP contribution in [0.4, 0.5) is 4.79 Å². The molecule has 39 heavy (non-hydrogen) atoms. The molecule has 7 rings (SSSR count). The zero-order valence-corrected chi connectivity index (χ0v) is 26.1. The summed E-state index contributed by atoms with van der Waals surface area (Å²) in [6, 6.07) is 0. The van der Waals surface area contributed by atoms with Crippen molar-refractivity contribution in [3.8, 4) is 0 Å². The van der Waals surface area contributed by atoms with Crippen LogP contribution in [0.1, 0.15) is 114 Å². The van der Waals surface area contributed by atoms with Gasteiger partial charge in [0, 0.05) is 8.54 Å². The van der Waals surface area contributed by atoms with Gasteiger partial charge in [-0.2, -0.15) is 0 Å². The minimum absolute atomic E-state index is 0. The van der Waals surface area contributed by atoms with E-state index in [1.807, 2.05) is 18.7 Å². The van der Waals surface area contributed by atoms with Crippen molar-refractivity contribution in [2.45, 2.75) is 137 Å². The lowest BCUT2D eigenvalue weighted by Crippen LogP contribution is -2.54. The third-order valence-electron chi connectivity index (χ3n) is 13.5. The lowest BCUT2D eigenvalue weighted by Gasteiger charge is -2.59. The molecule has 2 spiro atoms. The van der Waals surface area contributed by atoms with Gasteiger partial charge in [-0.05, 0) is 123 Å². The van der Waals surface area contributed by atoms with Gasteiger partial charge >= 0.3 is 6.09 Å². The van der Waals surface area contributed by atoms with E-state index in [9.17, 15) is 9.90 Å². The summed E-state index contributed by atoms with van der Waals surface area (Å²) >= 11 is 0. The zero-order chi connectivity index (χ0) is 28.6. The van der Waals surface area contributed by atoms with E-state index in [-0.39, 0.29) is 30.7 Å². The monoisotopic (exact) mass is 549 g/mol. The van der Waals surface area contributed by atoms with E-state index in [1.54, 1.807) is 0 Å². The molecule has 2 aliphatic heterocycles. The highest BCUT2D eigenvalue weighted by Gasteiger charge is 2.80. The summed E-state index contributed by atoms with van der Waals surface area (Å²) in [6.45, 7) is 16.7. The van der Waals surface area contributed by atoms with Gasteiger partial charge in [0.25, 0.3) is 0 Å². The van der Waals surface area contributed by atoms with Crippen molar-refractivity contribution in [3.05, 3.63) is 0 Å². The number of cyclic esters (lactones) is 1. The number of rotatable bonds is 2. The molecule has 0 aromatic heterocycles. The van der Waals surface area contributed by atoms with Crippen LogP contribution in [0.5, 0.6) is 0 Å². The van der Waals surface area contributed by atoms with Crippen LogP contribution in [0.2, 0.25) is 0 Å². The molecular weight excluding hydrogens is 490 g/mol. The number of aliphatic hydroxyl groups excluding tert-OH is 2. The minimum Gasteiger partial charge on any atom is -0.447 e. The van der Waals surface area contributed by atoms with Crippen molar-refractivity contribution in [1.29, 1.82) is 0 Å². The quantitative estimate of drug-likeness (QED) is 0.402. The molecule has 2 saturated heterocycles. The average molecular weight is 550 g/mol. The average Bonchev–Trinajstić information content (AvgIpc) is 3.40. The van der Waals surface area contributed by atoms with Gasteiger partial charge in [-0.25, -0.2) is 4.79 Å². The summed E-state index contributed by atoms with van der Waals surface area (Å²) in [7, 11) is 1.00. The second-order valence-corrected chi connectivity index (χ2v) is 15.4. The number of aliphatic hydroxyl groups is 2. The SMILES string of the molecule is CC.CC12CC[C@@]34CC35CC[C@H](O)C(C)(C)C5CCC4C1CC1OC(CN3C(=O)OCC3(C)C)CCC12.CO.[HH]. The lowest BCUT2D eigenvalue weighted by molar-refractivity contribution is -0.135. The smallest absolute Gasteiger partial charge is 0.410 e. The van der Waals surface area contributed by atoms with E-state index < -0.39 is 0 Å². The maximum absolute atomic E-state index is 12.4. The van der Waals surface area contributed by atoms with Crippen molar-refractivity contribution >= 4 is 6.09 Å². The van der Waals surface area contributed by atoms with Gasteiger partial charge < -0.3 is 19.7 Å². The predicted octanol–water partition coefficient (Wildman–Crippen LogP) is 6.67. The highest BCUT2D eigenvalue weighted by molar-refractivity contribution is 5.71. The molecule has 10 atom stereocenters. The number of ether oxygens (including phenoxy) is 2. The van der Waals surface area contributed by atoms with E-state index in [0.717, 1.165) is 31.8 Å². The Bertz CT molecular complexity index is 942. The first-order valence-corrected chi connectivity index (χ1v) is 16.2. The molecular formula is C33H59NO5. The van der Waals surface area contributed by atoms with Crippen LogP contribution >= 0.6 is 0 Å². The van der Waals surface area contributed by atoms with Crippen LogP contribution < -0.4 is 0 Å². The second kappa shape index (κ2) is 9.87. The number of carbonyl (C=O) groups excluding carboxylic acids is 1. The topological polar surface area (TPSA) is 79.2 Å². The molecule has 0 radical (unpaired) electrons. The predicted molar refractivity (Wildman–Crippen MR) is 155 cm³/mol. The van der Waals surface area contributed by atoms with E-state index in [4.69, 9.17) is 14.6 Å². The van der Waals surface area contributed by atoms with Gasteiger partial charge in [0.1, 0.15) is 6.61 Å². The number of hydrogen-bond donors (Lipinski definition) is 2. The maximum atomic E-state index is 12.4. The Hall–Kier alpha value is -0.850. The van der Waals surface area contributed by atoms with Gasteiger partial charge in [0.2, 0.25) is 0 Å². The summed E-state index contributed by atoms with van der Waals surface area (Å²) in [5.41, 5.74) is 1.31. The minimum atomic E-state index is -0.237. The molecule has 7 aliphatic rings. The number of carbonyl (C=O) groups is 1. The first kappa shape index (κ1) is 29.6. The van der Waals surface area contributed by atoms with Crippen molar-refractivity contribution in [1.82, 2.24) is 4.90 Å². The molecule has 8 unspecified atom stereocenters. The Morgan fingerprint density at radius 3 is 2.26 bits per heavy atom. The van der Waals surface area contributed by atoms with Crippen molar-refractivity contribution in [3.63, 3.8) is 0 Å². The third-order valence-corrected chi connectivity index (χ3v) is 13.5. The normalized spacial score (nSPS) is 49.8. The van der Waals surface area contributed by atoms with Gasteiger partial charge in [0.15, 0.2) is 0 Å². The van der Waals surface area contributed by atoms with Gasteiger partial charge in [-0.3, -0.25) is 4.90 Å². The Morgan fingerprint density at radius 1 is 0.897 bits per heavy atom. The molecule has 2 heterocycles. The Balaban J connectivity index is 0.000000710. The number of fused-ring (bicyclic) bond motifs is 4. The lowest BCUT2D eigenvalue weighted by atomic mass is 9.46. The van der Waals surface area contributed by atoms with Crippen molar-refractivity contribution in [2.24, 2.45) is 45.3 Å². The fourth-order valence-corrected chi connectivity index (χ4v) is 11.6. The summed E-state index contributed by atoms with van der Waals surface area (Å²) in [5, 5.41) is 17.9. The van der Waals surface area contributed by atoms with Gasteiger partial charge in [-0.15, -0.1) is 0 Å². The van der Waals surface area contributed by atoms with E-state index in [1.165, 1.54) is 51.4 Å². The Labute approximate surface area is 239 Å². The van der Waals surface area contributed by atoms with Gasteiger partial charge in [0.05, 0.1) is 30.4 Å². The maximum Gasteiger partial charge on any atom is 0.410 e. The van der Waals surface area contributed by atoms with Crippen LogP contribution in [-0.2, 0) is 9.47 Å². The summed E-state index contributed by atoms with van der Waals surface area (Å²) in [6.07, 6.45) is 12.9. The van der Waals surface area contributed by atoms with Gasteiger partial charge in [-0.1, -0.05) is 34.6 Å². The largest absolute Gasteiger partial charge is 0.447 e. The first-order valence-electron chi connectivity index (χ1n) is 16.2. The highest BCUT2D eigenvalue weighted by atomic mass is 16.6. The first-order chi connectivity index (χ1) is 18.4. The van der Waals surface area contributed by atoms with Crippen LogP contribution in [-0.4, -0.2) is 65.3 Å². The number of nitrogens with zero attached hydrogens (tertiary/aromatic N) is 1. The Morgan fingerprint density at radius 2 is 1.59 bits per heavy atom. The third kappa shape index (κ3) is 4.00. The molecule has 0 aromatic carbocycles. The number of amides is 1. The Kier molecular flexibility index (Phi) is 7.50. The molecule has 7 fully saturated rings. The fraction of sp³-hybridized carbons (Fsp3) is 0.970. The van der Waals surface area contributed by atoms with Crippen molar-refractivity contribution < 1.29 is 25.9 Å². The van der Waals surface area contributed by atoms with Crippen LogP contribution in [0.25, 0.3) is 0 Å². The zero-order valence-electron chi connectivity index (χ0n) is 26.1. The van der Waals surface area contributed by atoms with Crippen LogP contribution in [0.3, 0.4) is 0 Å². The molecule has 5 saturated carbocycles. The highest BCUT2D eigenvalue weighted by Crippen LogP contribution is 2.87. The molecule has 1 amide bonds. The molecule has 5 aliphatic carbocycles. The second-order valence-electron chi connectivity index (χ2n) is 15.4. The van der Waals surface area contributed by atoms with Crippen LogP contribution in [0.15, 0.2) is 0 Å². The number of hydrogen-bond acceptors (Lipinski definition) is 5. The summed E-state index contributed by atoms with van der Waals surface area (Å²) in [4.78, 5) is 14.3. The van der Waals surface area contributed by atoms with Crippen molar-refractivity contribution in [2.75, 3.05) is 20.3 Å². The summed E-state index contributed by atoms with van der Waals surface area (Å²) in [5.74, 6) is 3.01. The summed E-state index contributed by atoms with van der Waals surface area (Å²) < 4.78 is 12.2. The molecule has 6 nitrogen and oxygen atoms in total. The molecule has 6 heteroatoms. The fourth-order valence-electron chi connectivity index (χ4n) is 11.6. The van der Waals surface area contributed by atoms with Crippen LogP contribution in [0, 0.1) is 45.3 Å². The molecule has 0 aromatic rings. The van der Waals surface area contributed by atoms with E-state index >= 15 is 0 Å². The standard InChI is InChI=1S/C30H47NO4.C2H6.CH4O.H2/c1-26(2)17-34-25(33)31(26)15-18-6-7-20-22(35-18)14-21-19-8-9-23-27(3,4)24(32)10-11-30(23)16-29(19,30)13-12-28(20,21)5;2*1-2;/h18-24,32H,6-17H2,1-5H3;1-2H3;2H,1H3;1H/t18?,19?,20?,21?,22?,23?,24-,28?,29-,30?;;;/m0.../s1.